The van der Waals surface area contributed by atoms with E-state index in [-0.39, 0.29) is 5.43 Å². The molecule has 0 aliphatic carbocycles. The van der Waals surface area contributed by atoms with Crippen LogP contribution in [0.25, 0.3) is 21.8 Å². The van der Waals surface area contributed by atoms with Crippen molar-refractivity contribution in [2.24, 2.45) is 0 Å². The second-order valence-electron chi connectivity index (χ2n) is 3.32. The number of aromatic nitrogens is 3. The standard InChI is InChI=1S/C11H7N3O/c15-11-7-3-1-2-4-9(7)14-10-6-13-12-5-8(10)11/h1-6H,(H,14,15). The molecule has 3 aromatic rings. The summed E-state index contributed by atoms with van der Waals surface area (Å²) < 4.78 is 0. The quantitative estimate of drug-likeness (QED) is 0.555. The van der Waals surface area contributed by atoms with Crippen molar-refractivity contribution in [3.05, 3.63) is 46.9 Å². The average Bonchev–Trinajstić information content (AvgIpc) is 2.30. The van der Waals surface area contributed by atoms with Gasteiger partial charge in [-0.2, -0.15) is 10.2 Å². The lowest BCUT2D eigenvalue weighted by atomic mass is 10.1. The topological polar surface area (TPSA) is 58.6 Å². The molecule has 4 heteroatoms. The fourth-order valence-corrected chi connectivity index (χ4v) is 1.68. The Hall–Kier alpha value is -2.23. The summed E-state index contributed by atoms with van der Waals surface area (Å²) in [7, 11) is 0. The highest BCUT2D eigenvalue weighted by molar-refractivity contribution is 5.91. The second kappa shape index (κ2) is 2.88. The van der Waals surface area contributed by atoms with Crippen LogP contribution in [0.3, 0.4) is 0 Å². The average molecular weight is 197 g/mol. The Morgan fingerprint density at radius 3 is 2.67 bits per heavy atom. The maximum Gasteiger partial charge on any atom is 0.198 e. The molecule has 0 atom stereocenters. The molecular formula is C11H7N3O. The maximum atomic E-state index is 12.0. The summed E-state index contributed by atoms with van der Waals surface area (Å²) in [5.41, 5.74) is 1.53. The monoisotopic (exact) mass is 197 g/mol. The molecule has 0 saturated carbocycles. The molecule has 4 nitrogen and oxygen atoms in total. The van der Waals surface area contributed by atoms with Gasteiger partial charge in [-0.05, 0) is 12.1 Å². The van der Waals surface area contributed by atoms with E-state index in [1.165, 1.54) is 6.20 Å². The van der Waals surface area contributed by atoms with Gasteiger partial charge in [0.05, 0.1) is 23.3 Å². The lowest BCUT2D eigenvalue weighted by Gasteiger charge is -2.00. The molecule has 0 saturated heterocycles. The Balaban J connectivity index is 2.66. The van der Waals surface area contributed by atoms with Crippen LogP contribution in [0.1, 0.15) is 0 Å². The normalized spacial score (nSPS) is 10.9. The summed E-state index contributed by atoms with van der Waals surface area (Å²) in [6.45, 7) is 0. The van der Waals surface area contributed by atoms with Gasteiger partial charge in [0, 0.05) is 10.9 Å². The van der Waals surface area contributed by atoms with Gasteiger partial charge in [-0.15, -0.1) is 0 Å². The number of nitrogens with zero attached hydrogens (tertiary/aromatic N) is 2. The smallest absolute Gasteiger partial charge is 0.198 e. The second-order valence-corrected chi connectivity index (χ2v) is 3.32. The fraction of sp³-hybridized carbons (Fsp3) is 0. The van der Waals surface area contributed by atoms with E-state index in [9.17, 15) is 4.79 Å². The van der Waals surface area contributed by atoms with Crippen LogP contribution < -0.4 is 5.43 Å². The van der Waals surface area contributed by atoms with E-state index in [0.29, 0.717) is 16.3 Å². The van der Waals surface area contributed by atoms with Crippen molar-refractivity contribution >= 4 is 21.8 Å². The number of H-pyrrole nitrogens is 1. The number of hydrogen-bond acceptors (Lipinski definition) is 3. The van der Waals surface area contributed by atoms with Gasteiger partial charge in [-0.25, -0.2) is 0 Å². The molecule has 2 heterocycles. The van der Waals surface area contributed by atoms with Crippen LogP contribution in [-0.4, -0.2) is 15.2 Å². The summed E-state index contributed by atoms with van der Waals surface area (Å²) in [5, 5.41) is 8.70. The number of aromatic amines is 1. The molecule has 15 heavy (non-hydrogen) atoms. The van der Waals surface area contributed by atoms with Crippen molar-refractivity contribution in [2.75, 3.05) is 0 Å². The minimum Gasteiger partial charge on any atom is -0.353 e. The molecule has 2 aromatic heterocycles. The fourth-order valence-electron chi connectivity index (χ4n) is 1.68. The Bertz CT molecular complexity index is 646. The zero-order chi connectivity index (χ0) is 10.3. The van der Waals surface area contributed by atoms with Gasteiger partial charge in [0.15, 0.2) is 5.43 Å². The van der Waals surface area contributed by atoms with E-state index < -0.39 is 0 Å². The largest absolute Gasteiger partial charge is 0.353 e. The lowest BCUT2D eigenvalue weighted by molar-refractivity contribution is 1.04. The molecular weight excluding hydrogens is 190 g/mol. The Kier molecular flexibility index (Phi) is 1.56. The molecule has 0 amide bonds. The van der Waals surface area contributed by atoms with Crippen molar-refractivity contribution in [3.8, 4) is 0 Å². The van der Waals surface area contributed by atoms with Crippen LogP contribution in [0.15, 0.2) is 41.5 Å². The van der Waals surface area contributed by atoms with Gasteiger partial charge in [0.2, 0.25) is 0 Å². The van der Waals surface area contributed by atoms with Crippen LogP contribution >= 0.6 is 0 Å². The highest BCUT2D eigenvalue weighted by Crippen LogP contribution is 2.11. The SMILES string of the molecule is O=c1c2ccccc2[nH]c2cnncc12. The molecule has 1 N–H and O–H groups in total. The van der Waals surface area contributed by atoms with E-state index in [0.717, 1.165) is 5.52 Å². The molecule has 3 rings (SSSR count). The number of fused-ring (bicyclic) bond motifs is 2. The van der Waals surface area contributed by atoms with E-state index in [1.54, 1.807) is 12.3 Å². The number of benzene rings is 1. The van der Waals surface area contributed by atoms with Crippen LogP contribution in [0.2, 0.25) is 0 Å². The summed E-state index contributed by atoms with van der Waals surface area (Å²) in [4.78, 5) is 15.1. The van der Waals surface area contributed by atoms with E-state index in [1.807, 2.05) is 18.2 Å². The van der Waals surface area contributed by atoms with Gasteiger partial charge >= 0.3 is 0 Å². The molecule has 0 spiro atoms. The van der Waals surface area contributed by atoms with Crippen molar-refractivity contribution in [1.82, 2.24) is 15.2 Å². The maximum absolute atomic E-state index is 12.0. The first-order valence-electron chi connectivity index (χ1n) is 4.58. The third-order valence-electron chi connectivity index (χ3n) is 2.42. The number of nitrogens with one attached hydrogen (secondary N) is 1. The summed E-state index contributed by atoms with van der Waals surface area (Å²) in [5.74, 6) is 0. The van der Waals surface area contributed by atoms with Gasteiger partial charge in [-0.1, -0.05) is 12.1 Å². The molecule has 1 aromatic carbocycles. The summed E-state index contributed by atoms with van der Waals surface area (Å²) >= 11 is 0. The van der Waals surface area contributed by atoms with Gasteiger partial charge < -0.3 is 4.98 Å². The molecule has 0 aliphatic heterocycles. The van der Waals surface area contributed by atoms with Crippen molar-refractivity contribution in [3.63, 3.8) is 0 Å². The Morgan fingerprint density at radius 1 is 0.933 bits per heavy atom. The summed E-state index contributed by atoms with van der Waals surface area (Å²) in [6.07, 6.45) is 3.05. The van der Waals surface area contributed by atoms with Crippen molar-refractivity contribution in [1.29, 1.82) is 0 Å². The molecule has 0 radical (unpaired) electrons. The van der Waals surface area contributed by atoms with Crippen LogP contribution in [-0.2, 0) is 0 Å². The van der Waals surface area contributed by atoms with Gasteiger partial charge in [-0.3, -0.25) is 4.79 Å². The van der Waals surface area contributed by atoms with E-state index >= 15 is 0 Å². The molecule has 0 aliphatic rings. The number of para-hydroxylation sites is 1. The molecule has 0 unspecified atom stereocenters. The first-order valence-corrected chi connectivity index (χ1v) is 4.58. The third-order valence-corrected chi connectivity index (χ3v) is 2.42. The van der Waals surface area contributed by atoms with Crippen LogP contribution in [0.4, 0.5) is 0 Å². The minimum atomic E-state index is -0.00532. The molecule has 0 bridgehead atoms. The highest BCUT2D eigenvalue weighted by atomic mass is 16.1. The van der Waals surface area contributed by atoms with Crippen LogP contribution in [0.5, 0.6) is 0 Å². The number of hydrogen-bond donors (Lipinski definition) is 1. The van der Waals surface area contributed by atoms with E-state index in [2.05, 4.69) is 15.2 Å². The number of rotatable bonds is 0. The van der Waals surface area contributed by atoms with E-state index in [4.69, 9.17) is 0 Å². The van der Waals surface area contributed by atoms with Crippen molar-refractivity contribution in [2.45, 2.75) is 0 Å². The zero-order valence-corrected chi connectivity index (χ0v) is 7.77. The Labute approximate surface area is 84.6 Å². The predicted octanol–water partition coefficient (Wildman–Crippen LogP) is 1.47. The predicted molar refractivity (Wildman–Crippen MR) is 57.7 cm³/mol. The minimum absolute atomic E-state index is 0.00532. The first-order chi connectivity index (χ1) is 7.36. The third kappa shape index (κ3) is 1.11. The lowest BCUT2D eigenvalue weighted by Crippen LogP contribution is -2.04. The highest BCUT2D eigenvalue weighted by Gasteiger charge is 2.03. The van der Waals surface area contributed by atoms with Crippen LogP contribution in [0, 0.1) is 0 Å². The first kappa shape index (κ1) is 8.11. The van der Waals surface area contributed by atoms with Gasteiger partial charge in [0.1, 0.15) is 0 Å². The molecule has 0 fully saturated rings. The number of pyridine rings is 1. The zero-order valence-electron chi connectivity index (χ0n) is 7.77. The van der Waals surface area contributed by atoms with Gasteiger partial charge in [0.25, 0.3) is 0 Å². The Morgan fingerprint density at radius 2 is 1.73 bits per heavy atom. The van der Waals surface area contributed by atoms with Crippen molar-refractivity contribution < 1.29 is 0 Å². The molecule has 72 valence electrons. The summed E-state index contributed by atoms with van der Waals surface area (Å²) in [6, 6.07) is 7.40.